The minimum absolute atomic E-state index is 0.204. The molecular formula is C11H14N2O2. The van der Waals surface area contributed by atoms with Crippen LogP contribution in [-0.4, -0.2) is 19.3 Å². The molecule has 0 saturated carbocycles. The summed E-state index contributed by atoms with van der Waals surface area (Å²) in [6.07, 6.45) is 10.8. The normalized spacial score (nSPS) is 12.7. The smallest absolute Gasteiger partial charge is 0.340 e. The lowest BCUT2D eigenvalue weighted by molar-refractivity contribution is -0.135. The van der Waals surface area contributed by atoms with Crippen LogP contribution in [0.3, 0.4) is 0 Å². The summed E-state index contributed by atoms with van der Waals surface area (Å²) in [4.78, 5) is 14.8. The molecule has 0 amide bonds. The predicted octanol–water partition coefficient (Wildman–Crippen LogP) is 1.33. The minimum Gasteiger partial charge on any atom is -0.465 e. The Morgan fingerprint density at radius 3 is 2.67 bits per heavy atom. The molecule has 0 rings (SSSR count). The molecule has 0 aliphatic carbocycles. The van der Waals surface area contributed by atoms with Crippen LogP contribution in [0.25, 0.3) is 0 Å². The van der Waals surface area contributed by atoms with E-state index < -0.39 is 5.97 Å². The van der Waals surface area contributed by atoms with Crippen LogP contribution in [0.15, 0.2) is 53.8 Å². The van der Waals surface area contributed by atoms with Crippen molar-refractivity contribution in [1.82, 2.24) is 0 Å². The van der Waals surface area contributed by atoms with Crippen LogP contribution < -0.4 is 5.73 Å². The zero-order valence-corrected chi connectivity index (χ0v) is 8.59. The van der Waals surface area contributed by atoms with E-state index in [0.29, 0.717) is 0 Å². The number of hydrogen-bond donors (Lipinski definition) is 1. The van der Waals surface area contributed by atoms with Crippen molar-refractivity contribution in [3.8, 4) is 0 Å². The number of carbonyl (C=O) groups excluding carboxylic acids is 1. The summed E-state index contributed by atoms with van der Waals surface area (Å²) in [7, 11) is 1.28. The Morgan fingerprint density at radius 2 is 2.13 bits per heavy atom. The second-order valence-corrected chi connectivity index (χ2v) is 2.35. The maximum atomic E-state index is 11.0. The summed E-state index contributed by atoms with van der Waals surface area (Å²) in [5, 5.41) is 0. The number of allylic oxidation sites excluding steroid dienone is 4. The maximum Gasteiger partial charge on any atom is 0.340 e. The van der Waals surface area contributed by atoms with Gasteiger partial charge in [-0.3, -0.25) is 4.99 Å². The fourth-order valence-corrected chi connectivity index (χ4v) is 0.647. The molecule has 0 aliphatic heterocycles. The number of nitrogens with zero attached hydrogens (tertiary/aromatic N) is 1. The highest BCUT2D eigenvalue weighted by Gasteiger charge is 2.03. The third-order valence-corrected chi connectivity index (χ3v) is 1.34. The Kier molecular flexibility index (Phi) is 7.31. The first kappa shape index (κ1) is 12.9. The Balaban J connectivity index is 4.26. The zero-order chi connectivity index (χ0) is 11.5. The van der Waals surface area contributed by atoms with Gasteiger partial charge in [0.15, 0.2) is 0 Å². The summed E-state index contributed by atoms with van der Waals surface area (Å²) in [5.74, 6) is -0.517. The van der Waals surface area contributed by atoms with Gasteiger partial charge in [0.2, 0.25) is 0 Å². The zero-order valence-electron chi connectivity index (χ0n) is 8.59. The first-order chi connectivity index (χ1) is 7.26. The van der Waals surface area contributed by atoms with Gasteiger partial charge in [-0.25, -0.2) is 4.79 Å². The Labute approximate surface area is 89.1 Å². The molecule has 2 N–H and O–H groups in total. The van der Waals surface area contributed by atoms with Gasteiger partial charge in [-0.05, 0) is 6.08 Å². The van der Waals surface area contributed by atoms with Crippen LogP contribution in [-0.2, 0) is 9.53 Å². The van der Waals surface area contributed by atoms with Crippen LogP contribution in [0, 0.1) is 0 Å². The van der Waals surface area contributed by atoms with Crippen molar-refractivity contribution in [3.63, 3.8) is 0 Å². The fraction of sp³-hybridized carbons (Fsp3) is 0.0909. The molecule has 0 unspecified atom stereocenters. The lowest BCUT2D eigenvalue weighted by Crippen LogP contribution is -2.07. The number of hydrogen-bond acceptors (Lipinski definition) is 4. The SMILES string of the molecule is C=C\C=C/C=C/N=C/C(=C\N)C(=O)OC. The molecule has 0 radical (unpaired) electrons. The van der Waals surface area contributed by atoms with E-state index in [1.807, 2.05) is 0 Å². The van der Waals surface area contributed by atoms with Crippen molar-refractivity contribution in [2.75, 3.05) is 7.11 Å². The fourth-order valence-electron chi connectivity index (χ4n) is 0.647. The molecule has 0 aromatic rings. The van der Waals surface area contributed by atoms with Crippen LogP contribution in [0.5, 0.6) is 0 Å². The van der Waals surface area contributed by atoms with Crippen LogP contribution in [0.4, 0.5) is 0 Å². The number of nitrogens with two attached hydrogens (primary N) is 1. The Morgan fingerprint density at radius 1 is 1.40 bits per heavy atom. The number of methoxy groups -OCH3 is 1. The van der Waals surface area contributed by atoms with Crippen LogP contribution in [0.2, 0.25) is 0 Å². The van der Waals surface area contributed by atoms with E-state index in [4.69, 9.17) is 5.73 Å². The van der Waals surface area contributed by atoms with E-state index in [0.717, 1.165) is 6.20 Å². The summed E-state index contributed by atoms with van der Waals surface area (Å²) < 4.78 is 4.47. The Hall–Kier alpha value is -2.10. The van der Waals surface area contributed by atoms with Crippen molar-refractivity contribution < 1.29 is 9.53 Å². The van der Waals surface area contributed by atoms with E-state index in [2.05, 4.69) is 16.3 Å². The van der Waals surface area contributed by atoms with E-state index in [1.165, 1.54) is 19.5 Å². The molecule has 0 fully saturated rings. The van der Waals surface area contributed by atoms with Gasteiger partial charge in [0, 0.05) is 18.6 Å². The first-order valence-corrected chi connectivity index (χ1v) is 4.24. The summed E-state index contributed by atoms with van der Waals surface area (Å²) in [6, 6.07) is 0. The highest BCUT2D eigenvalue weighted by molar-refractivity contribution is 6.09. The van der Waals surface area contributed by atoms with Gasteiger partial charge in [0.05, 0.1) is 12.7 Å². The maximum absolute atomic E-state index is 11.0. The number of carbonyl (C=O) groups is 1. The number of esters is 1. The molecule has 0 atom stereocenters. The Bertz CT molecular complexity index is 325. The number of aliphatic imine (C=N–C) groups is 1. The first-order valence-electron chi connectivity index (χ1n) is 4.24. The number of ether oxygens (including phenoxy) is 1. The van der Waals surface area contributed by atoms with Crippen molar-refractivity contribution in [2.24, 2.45) is 10.7 Å². The molecular weight excluding hydrogens is 192 g/mol. The van der Waals surface area contributed by atoms with E-state index in [-0.39, 0.29) is 5.57 Å². The molecule has 80 valence electrons. The van der Waals surface area contributed by atoms with Gasteiger partial charge in [-0.15, -0.1) is 0 Å². The van der Waals surface area contributed by atoms with Gasteiger partial charge in [0.1, 0.15) is 0 Å². The van der Waals surface area contributed by atoms with Crippen molar-refractivity contribution in [1.29, 1.82) is 0 Å². The molecule has 0 bridgehead atoms. The molecule has 4 heteroatoms. The second-order valence-electron chi connectivity index (χ2n) is 2.35. The van der Waals surface area contributed by atoms with Crippen molar-refractivity contribution in [3.05, 3.63) is 48.9 Å². The van der Waals surface area contributed by atoms with Gasteiger partial charge in [-0.2, -0.15) is 0 Å². The molecule has 15 heavy (non-hydrogen) atoms. The predicted molar refractivity (Wildman–Crippen MR) is 61.3 cm³/mol. The quantitative estimate of drug-likeness (QED) is 0.319. The van der Waals surface area contributed by atoms with Gasteiger partial charge in [-0.1, -0.05) is 24.8 Å². The molecule has 0 aliphatic rings. The van der Waals surface area contributed by atoms with Crippen LogP contribution >= 0.6 is 0 Å². The third kappa shape index (κ3) is 6.04. The summed E-state index contributed by atoms with van der Waals surface area (Å²) in [6.45, 7) is 3.51. The molecule has 0 aromatic heterocycles. The van der Waals surface area contributed by atoms with Gasteiger partial charge < -0.3 is 10.5 Å². The lowest BCUT2D eigenvalue weighted by Gasteiger charge is -1.95. The van der Waals surface area contributed by atoms with Crippen molar-refractivity contribution >= 4 is 12.2 Å². The second kappa shape index (κ2) is 8.50. The molecule has 0 heterocycles. The molecule has 0 saturated heterocycles. The number of rotatable bonds is 5. The van der Waals surface area contributed by atoms with Gasteiger partial charge in [0.25, 0.3) is 0 Å². The van der Waals surface area contributed by atoms with Gasteiger partial charge >= 0.3 is 5.97 Å². The standard InChI is InChI=1S/C11H14N2O2/c1-3-4-5-6-7-13-9-10(8-12)11(14)15-2/h3-9H,1,12H2,2H3/b5-4-,7-6+,10-8+,13-9+. The summed E-state index contributed by atoms with van der Waals surface area (Å²) in [5.41, 5.74) is 5.41. The highest BCUT2D eigenvalue weighted by Crippen LogP contribution is 1.91. The molecule has 4 nitrogen and oxygen atoms in total. The monoisotopic (exact) mass is 206 g/mol. The summed E-state index contributed by atoms with van der Waals surface area (Å²) >= 11 is 0. The van der Waals surface area contributed by atoms with E-state index >= 15 is 0 Å². The van der Waals surface area contributed by atoms with E-state index in [1.54, 1.807) is 24.3 Å². The minimum atomic E-state index is -0.517. The average molecular weight is 206 g/mol. The molecule has 0 spiro atoms. The van der Waals surface area contributed by atoms with E-state index in [9.17, 15) is 4.79 Å². The molecule has 0 aromatic carbocycles. The highest BCUT2D eigenvalue weighted by atomic mass is 16.5. The largest absolute Gasteiger partial charge is 0.465 e. The van der Waals surface area contributed by atoms with Crippen LogP contribution in [0.1, 0.15) is 0 Å². The third-order valence-electron chi connectivity index (χ3n) is 1.34. The van der Waals surface area contributed by atoms with Crippen molar-refractivity contribution in [2.45, 2.75) is 0 Å². The topological polar surface area (TPSA) is 64.7 Å². The lowest BCUT2D eigenvalue weighted by atomic mass is 10.3. The average Bonchev–Trinajstić information content (AvgIpc) is 2.27.